The zero-order chi connectivity index (χ0) is 10.4. The molecule has 1 aliphatic rings. The van der Waals surface area contributed by atoms with Gasteiger partial charge in [0, 0.05) is 0 Å². The van der Waals surface area contributed by atoms with Crippen molar-refractivity contribution in [3.8, 4) is 0 Å². The summed E-state index contributed by atoms with van der Waals surface area (Å²) in [6.45, 7) is 16.9. The molecule has 4 unspecified atom stereocenters. The number of rotatable bonds is 3. The first kappa shape index (κ1) is 11.1. The lowest BCUT2D eigenvalue weighted by atomic mass is 9.75. The first-order chi connectivity index (χ1) is 5.83. The van der Waals surface area contributed by atoms with Gasteiger partial charge < -0.3 is 0 Å². The Bertz CT molecular complexity index is 172. The quantitative estimate of drug-likeness (QED) is 0.613. The molecule has 13 heavy (non-hydrogen) atoms. The van der Waals surface area contributed by atoms with Crippen molar-refractivity contribution < 1.29 is 0 Å². The standard InChI is InChI=1S/C13H26/c1-8(2)9(3)10(4)13(7)11(5)12(13)6/h8-12H,1-7H3. The molecule has 0 amide bonds. The molecule has 1 fully saturated rings. The Labute approximate surface area is 84.1 Å². The minimum Gasteiger partial charge on any atom is -0.0625 e. The molecule has 0 saturated heterocycles. The van der Waals surface area contributed by atoms with E-state index in [0.717, 1.165) is 29.6 Å². The van der Waals surface area contributed by atoms with Gasteiger partial charge in [-0.15, -0.1) is 0 Å². The van der Waals surface area contributed by atoms with Crippen molar-refractivity contribution in [1.82, 2.24) is 0 Å². The Kier molecular flexibility index (Phi) is 2.81. The molecule has 0 aromatic heterocycles. The van der Waals surface area contributed by atoms with Crippen LogP contribution in [0.15, 0.2) is 0 Å². The fourth-order valence-electron chi connectivity index (χ4n) is 2.99. The second-order valence-electron chi connectivity index (χ2n) is 5.84. The highest BCUT2D eigenvalue weighted by Gasteiger charge is 2.58. The van der Waals surface area contributed by atoms with E-state index < -0.39 is 0 Å². The third kappa shape index (κ3) is 1.53. The van der Waals surface area contributed by atoms with Gasteiger partial charge >= 0.3 is 0 Å². The molecule has 0 aromatic rings. The van der Waals surface area contributed by atoms with Crippen LogP contribution in [0.3, 0.4) is 0 Å². The third-order valence-electron chi connectivity index (χ3n) is 5.42. The first-order valence-corrected chi connectivity index (χ1v) is 5.83. The summed E-state index contributed by atoms with van der Waals surface area (Å²) in [5.41, 5.74) is 0.629. The van der Waals surface area contributed by atoms with Gasteiger partial charge in [-0.05, 0) is 35.0 Å². The van der Waals surface area contributed by atoms with E-state index in [9.17, 15) is 0 Å². The van der Waals surface area contributed by atoms with Gasteiger partial charge in [0.05, 0.1) is 0 Å². The molecular formula is C13H26. The molecule has 0 aromatic carbocycles. The Balaban J connectivity index is 2.64. The maximum Gasteiger partial charge on any atom is -0.0241 e. The zero-order valence-electron chi connectivity index (χ0n) is 10.4. The van der Waals surface area contributed by atoms with Crippen molar-refractivity contribution in [3.63, 3.8) is 0 Å². The lowest BCUT2D eigenvalue weighted by Gasteiger charge is -2.30. The highest BCUT2D eigenvalue weighted by Crippen LogP contribution is 2.64. The third-order valence-corrected chi connectivity index (χ3v) is 5.42. The smallest absolute Gasteiger partial charge is 0.0241 e. The van der Waals surface area contributed by atoms with Crippen molar-refractivity contribution >= 4 is 0 Å². The van der Waals surface area contributed by atoms with E-state index >= 15 is 0 Å². The summed E-state index contributed by atoms with van der Waals surface area (Å²) in [6, 6.07) is 0. The van der Waals surface area contributed by atoms with Crippen LogP contribution < -0.4 is 0 Å². The average Bonchev–Trinajstić information content (AvgIpc) is 2.55. The molecule has 1 rings (SSSR count). The van der Waals surface area contributed by atoms with Gasteiger partial charge in [-0.25, -0.2) is 0 Å². The van der Waals surface area contributed by atoms with E-state index in [2.05, 4.69) is 48.5 Å². The second-order valence-corrected chi connectivity index (χ2v) is 5.84. The molecule has 0 nitrogen and oxygen atoms in total. The van der Waals surface area contributed by atoms with Gasteiger partial charge in [0.15, 0.2) is 0 Å². The monoisotopic (exact) mass is 182 g/mol. The Morgan fingerprint density at radius 1 is 0.923 bits per heavy atom. The molecule has 0 spiro atoms. The highest BCUT2D eigenvalue weighted by molar-refractivity contribution is 5.06. The summed E-state index contributed by atoms with van der Waals surface area (Å²) in [5, 5.41) is 0. The van der Waals surface area contributed by atoms with Crippen molar-refractivity contribution in [3.05, 3.63) is 0 Å². The molecule has 0 N–H and O–H groups in total. The van der Waals surface area contributed by atoms with E-state index in [1.807, 2.05) is 0 Å². The minimum absolute atomic E-state index is 0.629. The number of hydrogen-bond donors (Lipinski definition) is 0. The van der Waals surface area contributed by atoms with Crippen molar-refractivity contribution in [2.45, 2.75) is 48.5 Å². The molecule has 0 radical (unpaired) electrons. The molecule has 0 heteroatoms. The molecule has 1 aliphatic carbocycles. The van der Waals surface area contributed by atoms with Crippen LogP contribution in [0.1, 0.15) is 48.5 Å². The highest BCUT2D eigenvalue weighted by atomic mass is 14.6. The van der Waals surface area contributed by atoms with Crippen LogP contribution in [0.4, 0.5) is 0 Å². The Morgan fingerprint density at radius 2 is 1.31 bits per heavy atom. The zero-order valence-corrected chi connectivity index (χ0v) is 10.4. The lowest BCUT2D eigenvalue weighted by molar-refractivity contribution is 0.186. The molecule has 0 bridgehead atoms. The van der Waals surface area contributed by atoms with Crippen LogP contribution in [-0.4, -0.2) is 0 Å². The topological polar surface area (TPSA) is 0 Å². The first-order valence-electron chi connectivity index (χ1n) is 5.83. The van der Waals surface area contributed by atoms with Crippen LogP contribution in [0.5, 0.6) is 0 Å². The summed E-state index contributed by atoms with van der Waals surface area (Å²) < 4.78 is 0. The Hall–Kier alpha value is 0. The fraction of sp³-hybridized carbons (Fsp3) is 1.00. The predicted molar refractivity (Wildman–Crippen MR) is 59.6 cm³/mol. The maximum atomic E-state index is 2.48. The van der Waals surface area contributed by atoms with Gasteiger partial charge in [0.2, 0.25) is 0 Å². The van der Waals surface area contributed by atoms with E-state index in [1.165, 1.54) is 0 Å². The average molecular weight is 182 g/mol. The van der Waals surface area contributed by atoms with Crippen molar-refractivity contribution in [2.75, 3.05) is 0 Å². The van der Waals surface area contributed by atoms with E-state index in [4.69, 9.17) is 0 Å². The van der Waals surface area contributed by atoms with E-state index in [-0.39, 0.29) is 0 Å². The summed E-state index contributed by atoms with van der Waals surface area (Å²) >= 11 is 0. The van der Waals surface area contributed by atoms with Crippen LogP contribution >= 0.6 is 0 Å². The van der Waals surface area contributed by atoms with Crippen molar-refractivity contribution in [1.29, 1.82) is 0 Å². The van der Waals surface area contributed by atoms with Crippen LogP contribution in [0, 0.1) is 35.0 Å². The van der Waals surface area contributed by atoms with Crippen LogP contribution in [0.25, 0.3) is 0 Å². The normalized spacial score (nSPS) is 43.4. The Morgan fingerprint density at radius 3 is 1.54 bits per heavy atom. The van der Waals surface area contributed by atoms with Gasteiger partial charge in [0.25, 0.3) is 0 Å². The van der Waals surface area contributed by atoms with Gasteiger partial charge in [0.1, 0.15) is 0 Å². The van der Waals surface area contributed by atoms with Crippen molar-refractivity contribution in [2.24, 2.45) is 35.0 Å². The molecule has 0 aliphatic heterocycles. The van der Waals surface area contributed by atoms with Gasteiger partial charge in [-0.3, -0.25) is 0 Å². The maximum absolute atomic E-state index is 2.48. The molecular weight excluding hydrogens is 156 g/mol. The molecule has 78 valence electrons. The molecule has 4 atom stereocenters. The van der Waals surface area contributed by atoms with Gasteiger partial charge in [-0.2, -0.15) is 0 Å². The van der Waals surface area contributed by atoms with E-state index in [1.54, 1.807) is 0 Å². The number of hydrogen-bond acceptors (Lipinski definition) is 0. The minimum atomic E-state index is 0.629. The SMILES string of the molecule is CC(C)C(C)C(C)C1(C)C(C)C1C. The summed E-state index contributed by atoms with van der Waals surface area (Å²) in [7, 11) is 0. The van der Waals surface area contributed by atoms with Crippen LogP contribution in [0.2, 0.25) is 0 Å². The van der Waals surface area contributed by atoms with E-state index in [0.29, 0.717) is 5.41 Å². The molecule has 0 heterocycles. The fourth-order valence-corrected chi connectivity index (χ4v) is 2.99. The largest absolute Gasteiger partial charge is 0.0625 e. The van der Waals surface area contributed by atoms with Gasteiger partial charge in [-0.1, -0.05) is 48.5 Å². The summed E-state index contributed by atoms with van der Waals surface area (Å²) in [5.74, 6) is 4.43. The lowest BCUT2D eigenvalue weighted by Crippen LogP contribution is -2.23. The predicted octanol–water partition coefficient (Wildman–Crippen LogP) is 4.21. The summed E-state index contributed by atoms with van der Waals surface area (Å²) in [6.07, 6.45) is 0. The van der Waals surface area contributed by atoms with Crippen LogP contribution in [-0.2, 0) is 0 Å². The second kappa shape index (κ2) is 3.29. The molecule has 1 saturated carbocycles. The summed E-state index contributed by atoms with van der Waals surface area (Å²) in [4.78, 5) is 0.